The van der Waals surface area contributed by atoms with Crippen molar-refractivity contribution in [3.05, 3.63) is 142 Å². The van der Waals surface area contributed by atoms with Crippen LogP contribution in [-0.4, -0.2) is 138 Å². The Labute approximate surface area is 470 Å². The van der Waals surface area contributed by atoms with Crippen molar-refractivity contribution in [1.29, 1.82) is 0 Å². The monoisotopic (exact) mass is 1140 g/mol. The summed E-state index contributed by atoms with van der Waals surface area (Å²) < 4.78 is 1.13. The normalized spacial score (nSPS) is 20.1. The number of primary amides is 2. The number of aliphatic hydroxyl groups excluding tert-OH is 1. The summed E-state index contributed by atoms with van der Waals surface area (Å²) in [5.74, 6) is -8.21. The molecule has 1 aromatic heterocycles. The van der Waals surface area contributed by atoms with Crippen molar-refractivity contribution in [2.24, 2.45) is 17.2 Å². The first kappa shape index (κ1) is 61.3. The molecule has 6 rings (SSSR count). The molecule has 4 aromatic carbocycles. The van der Waals surface area contributed by atoms with E-state index in [1.807, 2.05) is 0 Å². The Morgan fingerprint density at radius 3 is 1.81 bits per heavy atom. The largest absolute Gasteiger partial charge is 0.508 e. The highest BCUT2D eigenvalue weighted by Gasteiger charge is 2.36. The van der Waals surface area contributed by atoms with Crippen molar-refractivity contribution < 1.29 is 58.5 Å². The van der Waals surface area contributed by atoms with Crippen LogP contribution in [0.1, 0.15) is 70.9 Å². The molecule has 2 unspecified atom stereocenters. The molecule has 0 radical (unpaired) electrons. The number of fused-ring (bicyclic) bond motifs is 2. The molecule has 430 valence electrons. The topological polar surface area (TPSA) is 407 Å². The van der Waals surface area contributed by atoms with Crippen LogP contribution in [0.25, 0.3) is 0 Å². The highest BCUT2D eigenvalue weighted by molar-refractivity contribution is 6.30. The number of amides is 9. The van der Waals surface area contributed by atoms with Gasteiger partial charge in [0.15, 0.2) is 0 Å². The second-order valence-electron chi connectivity index (χ2n) is 19.6. The summed E-state index contributed by atoms with van der Waals surface area (Å²) in [4.78, 5) is 126. The SMILES string of the molecule is CC(O)C1NC(=O)[C@H](CCCCN)NC(=O)[C@@H](Cc2ccc(C(N)=O)cc2)NC(=O)[C@H](Cc2ccc(O)cc2)NC(=O)[C@@H](NC(=O)CCc2ccc(Cl)cc2)Cc2cn(nn2)C[C@@H](C(=O)N[C@H](Cc2ccc(O)cc2)C(N)=O)NC1=O. The molecule has 0 saturated heterocycles. The number of nitrogens with two attached hydrogens (primary N) is 3. The molecule has 2 bridgehead atoms. The van der Waals surface area contributed by atoms with E-state index in [9.17, 15) is 58.5 Å². The van der Waals surface area contributed by atoms with Crippen molar-refractivity contribution in [2.45, 2.75) is 120 Å². The summed E-state index contributed by atoms with van der Waals surface area (Å²) >= 11 is 6.07. The van der Waals surface area contributed by atoms with Crippen molar-refractivity contribution in [3.63, 3.8) is 0 Å². The molecule has 2 heterocycles. The van der Waals surface area contributed by atoms with Gasteiger partial charge in [-0.15, -0.1) is 5.10 Å². The van der Waals surface area contributed by atoms with Crippen molar-refractivity contribution >= 4 is 64.8 Å². The first-order valence-electron chi connectivity index (χ1n) is 26.0. The van der Waals surface area contributed by atoms with E-state index in [4.69, 9.17) is 28.8 Å². The van der Waals surface area contributed by atoms with E-state index >= 15 is 0 Å². The molecule has 0 aliphatic carbocycles. The van der Waals surface area contributed by atoms with Crippen molar-refractivity contribution in [3.8, 4) is 11.5 Å². The number of aromatic nitrogens is 3. The van der Waals surface area contributed by atoms with E-state index in [1.165, 1.54) is 85.9 Å². The van der Waals surface area contributed by atoms with Gasteiger partial charge in [0, 0.05) is 48.9 Å². The Balaban J connectivity index is 1.43. The molecule has 0 spiro atoms. The summed E-state index contributed by atoms with van der Waals surface area (Å²) in [5, 5.41) is 58.2. The quantitative estimate of drug-likeness (QED) is 0.0430. The minimum atomic E-state index is -1.80. The molecule has 9 amide bonds. The van der Waals surface area contributed by atoms with E-state index in [1.54, 1.807) is 24.3 Å². The van der Waals surface area contributed by atoms with Crippen LogP contribution in [0.3, 0.4) is 0 Å². The van der Waals surface area contributed by atoms with Gasteiger partial charge < -0.3 is 69.7 Å². The zero-order valence-corrected chi connectivity index (χ0v) is 44.9. The molecule has 26 heteroatoms. The lowest BCUT2D eigenvalue weighted by atomic mass is 10.00. The van der Waals surface area contributed by atoms with Gasteiger partial charge in [0.25, 0.3) is 0 Å². The molecule has 0 fully saturated rings. The predicted octanol–water partition coefficient (Wildman–Crippen LogP) is -1.25. The number of phenols is 2. The standard InChI is InChI=1S/C55H66ClN13O12/c1-30(70)47-55(81)65-45(54(80)62-41(49(59)75)24-33-9-18-38(71)19-10-33)29-69-28-37(67-68-69)27-44(60-46(73)22-13-31-7-16-36(56)17-8-31)53(79)64-43(26-34-11-20-39(72)21-12-34)52(78)63-42(25-32-5-14-35(15-6-32)48(58)74)51(77)61-40(50(76)66-47)4-2-3-23-57/h5-12,14-21,28,30,40-45,47,70-72H,2-4,13,22-27,29,57H2,1H3,(H2,58,74)(H2,59,75)(H,60,73)(H,61,77)(H,62,80)(H,63,78)(H,64,79)(H,65,81)(H,66,76)/t30?,40-,41+,42+,43-,44-,45-,47?/m0/s1. The zero-order valence-electron chi connectivity index (χ0n) is 44.2. The summed E-state index contributed by atoms with van der Waals surface area (Å²) in [6.45, 7) is 0.865. The number of carbonyl (C=O) groups is 9. The Kier molecular flexibility index (Phi) is 22.2. The van der Waals surface area contributed by atoms with Crippen LogP contribution < -0.4 is 54.4 Å². The lowest BCUT2D eigenvalue weighted by molar-refractivity contribution is -0.137. The summed E-state index contributed by atoms with van der Waals surface area (Å²) in [5.41, 5.74) is 19.3. The molecular formula is C55H66ClN13O12. The second-order valence-corrected chi connectivity index (χ2v) is 20.0. The number of aliphatic hydroxyl groups is 1. The Morgan fingerprint density at radius 2 is 1.25 bits per heavy atom. The van der Waals surface area contributed by atoms with E-state index in [0.29, 0.717) is 28.1 Å². The van der Waals surface area contributed by atoms with Gasteiger partial charge in [-0.3, -0.25) is 43.2 Å². The maximum Gasteiger partial charge on any atom is 0.248 e. The number of unbranched alkanes of at least 4 members (excludes halogenated alkanes) is 1. The molecule has 81 heavy (non-hydrogen) atoms. The van der Waals surface area contributed by atoms with Gasteiger partial charge in [0.1, 0.15) is 53.8 Å². The van der Waals surface area contributed by atoms with Crippen LogP contribution in [0.15, 0.2) is 103 Å². The number of aromatic hydroxyl groups is 2. The Bertz CT molecular complexity index is 3020. The molecular weight excluding hydrogens is 1070 g/mol. The third-order valence-electron chi connectivity index (χ3n) is 13.2. The van der Waals surface area contributed by atoms with Gasteiger partial charge in [-0.05, 0) is 110 Å². The number of hydrogen-bond acceptors (Lipinski definition) is 15. The first-order valence-corrected chi connectivity index (χ1v) is 26.4. The van der Waals surface area contributed by atoms with Gasteiger partial charge in [0.2, 0.25) is 53.2 Å². The highest BCUT2D eigenvalue weighted by Crippen LogP contribution is 2.17. The van der Waals surface area contributed by atoms with Gasteiger partial charge in [0.05, 0.1) is 18.3 Å². The minimum Gasteiger partial charge on any atom is -0.508 e. The lowest BCUT2D eigenvalue weighted by Crippen LogP contribution is -2.62. The van der Waals surface area contributed by atoms with Crippen molar-refractivity contribution in [2.75, 3.05) is 6.54 Å². The van der Waals surface area contributed by atoms with E-state index in [-0.39, 0.29) is 80.7 Å². The summed E-state index contributed by atoms with van der Waals surface area (Å²) in [6.07, 6.45) is -0.638. The van der Waals surface area contributed by atoms with E-state index in [0.717, 1.165) is 10.2 Å². The lowest BCUT2D eigenvalue weighted by Gasteiger charge is -2.28. The van der Waals surface area contributed by atoms with Crippen LogP contribution in [0, 0.1) is 0 Å². The average Bonchev–Trinajstić information content (AvgIpc) is 3.97. The summed E-state index contributed by atoms with van der Waals surface area (Å²) in [6, 6.07) is 13.3. The van der Waals surface area contributed by atoms with Crippen LogP contribution in [-0.2, 0) is 77.0 Å². The summed E-state index contributed by atoms with van der Waals surface area (Å²) in [7, 11) is 0. The molecule has 25 nitrogen and oxygen atoms in total. The molecule has 1 aliphatic rings. The fourth-order valence-corrected chi connectivity index (χ4v) is 8.81. The number of nitrogens with one attached hydrogen (secondary N) is 7. The highest BCUT2D eigenvalue weighted by atomic mass is 35.5. The zero-order chi connectivity index (χ0) is 58.8. The fraction of sp³-hybridized carbons (Fsp3) is 0.364. The maximum absolute atomic E-state index is 14.8. The van der Waals surface area contributed by atoms with Crippen LogP contribution in [0.4, 0.5) is 0 Å². The number of carbonyl (C=O) groups excluding carboxylic acids is 9. The third kappa shape index (κ3) is 18.9. The van der Waals surface area contributed by atoms with Crippen LogP contribution >= 0.6 is 11.6 Å². The number of benzene rings is 4. The number of aryl methyl sites for hydroxylation is 1. The molecule has 5 aromatic rings. The number of rotatable bonds is 19. The second kappa shape index (κ2) is 29.3. The number of hydrogen-bond donors (Lipinski definition) is 13. The minimum absolute atomic E-state index is 0.0558. The maximum atomic E-state index is 14.8. The van der Waals surface area contributed by atoms with Crippen molar-refractivity contribution in [1.82, 2.24) is 52.2 Å². The van der Waals surface area contributed by atoms with E-state index in [2.05, 4.69) is 47.5 Å². The van der Waals surface area contributed by atoms with Crippen LogP contribution in [0.2, 0.25) is 5.02 Å². The molecule has 8 atom stereocenters. The van der Waals surface area contributed by atoms with Gasteiger partial charge in [-0.2, -0.15) is 0 Å². The predicted molar refractivity (Wildman–Crippen MR) is 293 cm³/mol. The molecule has 1 aliphatic heterocycles. The Morgan fingerprint density at radius 1 is 0.704 bits per heavy atom. The average molecular weight is 1140 g/mol. The van der Waals surface area contributed by atoms with Gasteiger partial charge >= 0.3 is 0 Å². The molecule has 16 N–H and O–H groups in total. The third-order valence-corrected chi connectivity index (χ3v) is 13.5. The van der Waals surface area contributed by atoms with Gasteiger partial charge in [-0.25, -0.2) is 4.68 Å². The first-order chi connectivity index (χ1) is 38.6. The molecule has 0 saturated carbocycles. The van der Waals surface area contributed by atoms with E-state index < -0.39 is 108 Å². The smallest absolute Gasteiger partial charge is 0.248 e. The van der Waals surface area contributed by atoms with Gasteiger partial charge in [-0.1, -0.05) is 65.3 Å². The number of phenolic OH excluding ortho intramolecular Hbond substituents is 2. The number of nitrogens with zero attached hydrogens (tertiary/aromatic N) is 3. The number of halogens is 1. The Hall–Kier alpha value is -8.94. The van der Waals surface area contributed by atoms with Crippen LogP contribution in [0.5, 0.6) is 11.5 Å². The fourth-order valence-electron chi connectivity index (χ4n) is 8.69.